The van der Waals surface area contributed by atoms with Crippen molar-refractivity contribution in [3.63, 3.8) is 0 Å². The molecule has 2 aliphatic rings. The molecule has 2 saturated heterocycles. The Morgan fingerprint density at radius 2 is 2.08 bits per heavy atom. The van der Waals surface area contributed by atoms with Crippen molar-refractivity contribution < 1.29 is 28.2 Å². The van der Waals surface area contributed by atoms with Crippen LogP contribution in [0.1, 0.15) is 59.3 Å². The van der Waals surface area contributed by atoms with Gasteiger partial charge in [0.2, 0.25) is 5.91 Å². The van der Waals surface area contributed by atoms with Gasteiger partial charge in [-0.25, -0.2) is 9.78 Å². The van der Waals surface area contributed by atoms with Gasteiger partial charge in [-0.05, 0) is 51.1 Å². The highest BCUT2D eigenvalue weighted by Gasteiger charge is 2.45. The summed E-state index contributed by atoms with van der Waals surface area (Å²) in [6.07, 6.45) is 4.33. The fraction of sp³-hybridized carbons (Fsp3) is 0.538. The Balaban J connectivity index is 1.41. The van der Waals surface area contributed by atoms with Crippen molar-refractivity contribution in [2.24, 2.45) is 5.92 Å². The molecule has 1 unspecified atom stereocenters. The first-order chi connectivity index (χ1) is 18.1. The summed E-state index contributed by atoms with van der Waals surface area (Å²) in [6.45, 7) is 10.4. The molecule has 0 radical (unpaired) electrons. The maximum absolute atomic E-state index is 13.4. The molecule has 5 rings (SSSR count). The van der Waals surface area contributed by atoms with Gasteiger partial charge in [0.25, 0.3) is 0 Å². The van der Waals surface area contributed by atoms with Crippen LogP contribution < -0.4 is 10.8 Å². The lowest BCUT2D eigenvalue weighted by molar-refractivity contribution is -0.135. The van der Waals surface area contributed by atoms with Crippen LogP contribution in [-0.2, 0) is 18.8 Å². The number of alkyl carbamates (subject to hydrolysis) is 1. The van der Waals surface area contributed by atoms with E-state index in [-0.39, 0.29) is 24.0 Å². The summed E-state index contributed by atoms with van der Waals surface area (Å²) >= 11 is 0. The molecule has 0 saturated carbocycles. The van der Waals surface area contributed by atoms with E-state index >= 15 is 0 Å². The minimum Gasteiger partial charge on any atom is -0.453 e. The number of amides is 2. The van der Waals surface area contributed by atoms with Crippen LogP contribution in [0.2, 0.25) is 0 Å². The first kappa shape index (κ1) is 26.2. The van der Waals surface area contributed by atoms with E-state index in [1.807, 2.05) is 46.8 Å². The zero-order valence-corrected chi connectivity index (χ0v) is 22.6. The quantitative estimate of drug-likeness (QED) is 0.471. The summed E-state index contributed by atoms with van der Waals surface area (Å²) in [5.74, 6) is 0.428. The third-order valence-electron chi connectivity index (χ3n) is 7.66. The minimum atomic E-state index is -0.688. The molecular weight excluding hydrogens is 489 g/mol. The number of carbonyl (C=O) groups is 2. The van der Waals surface area contributed by atoms with E-state index < -0.39 is 24.9 Å². The van der Waals surface area contributed by atoms with Gasteiger partial charge in [-0.2, -0.15) is 0 Å². The number of fused-ring (bicyclic) bond motifs is 1. The van der Waals surface area contributed by atoms with Crippen LogP contribution in [0.15, 0.2) is 29.0 Å². The molecule has 2 amide bonds. The SMILES string of the molecule is COC(=O)N[C@H](C(=O)N1CCC[C@H]1c1ncc(-c2ccc(B3OC(C)C(C)(C)O3)c3cnoc23)[nH]1)C(C)C. The fourth-order valence-corrected chi connectivity index (χ4v) is 5.12. The van der Waals surface area contributed by atoms with Crippen molar-refractivity contribution in [2.45, 2.75) is 71.2 Å². The van der Waals surface area contributed by atoms with E-state index in [4.69, 9.17) is 18.6 Å². The zero-order chi connectivity index (χ0) is 27.2. The predicted octanol–water partition coefficient (Wildman–Crippen LogP) is 3.17. The van der Waals surface area contributed by atoms with Gasteiger partial charge in [-0.15, -0.1) is 0 Å². The molecule has 1 aromatic carbocycles. The molecule has 2 aromatic heterocycles. The topological polar surface area (TPSA) is 132 Å². The van der Waals surface area contributed by atoms with E-state index in [9.17, 15) is 9.59 Å². The van der Waals surface area contributed by atoms with Crippen molar-refractivity contribution in [1.29, 1.82) is 0 Å². The van der Waals surface area contributed by atoms with Gasteiger partial charge in [-0.3, -0.25) is 4.79 Å². The summed E-state index contributed by atoms with van der Waals surface area (Å²) in [4.78, 5) is 35.1. The number of hydrogen-bond donors (Lipinski definition) is 2. The standard InChI is InChI=1S/C26H34BN5O6/c1-14(2)21(31-25(34)35-6)24(33)32-11-7-8-20(32)23-28-13-19(30-23)16-9-10-18(17-12-29-37-22(16)17)27-36-15(3)26(4,5)38-27/h9-10,12-15,20-21H,7-8,11H2,1-6H3,(H,28,30)(H,31,34)/t15?,20-,21-/m0/s1. The number of H-pyrrole nitrogens is 1. The Hall–Kier alpha value is -3.38. The summed E-state index contributed by atoms with van der Waals surface area (Å²) in [7, 11) is 0.770. The van der Waals surface area contributed by atoms with Crippen LogP contribution in [-0.4, -0.2) is 70.5 Å². The molecule has 2 N–H and O–H groups in total. The lowest BCUT2D eigenvalue weighted by Crippen LogP contribution is -2.51. The lowest BCUT2D eigenvalue weighted by Gasteiger charge is -2.30. The van der Waals surface area contributed by atoms with E-state index in [1.54, 1.807) is 17.3 Å². The normalized spacial score (nSPS) is 21.9. The summed E-state index contributed by atoms with van der Waals surface area (Å²) in [5.41, 5.74) is 2.60. The number of methoxy groups -OCH3 is 1. The minimum absolute atomic E-state index is 0.0626. The zero-order valence-electron chi connectivity index (χ0n) is 22.6. The second-order valence-corrected chi connectivity index (χ2v) is 10.8. The molecule has 3 aromatic rings. The molecular formula is C26H34BN5O6. The number of aromatic amines is 1. The Morgan fingerprint density at radius 1 is 1.29 bits per heavy atom. The summed E-state index contributed by atoms with van der Waals surface area (Å²) < 4.78 is 22.6. The van der Waals surface area contributed by atoms with Crippen molar-refractivity contribution in [3.8, 4) is 11.3 Å². The summed E-state index contributed by atoms with van der Waals surface area (Å²) in [6, 6.07) is 2.98. The number of likely N-dealkylation sites (tertiary alicyclic amines) is 1. The first-order valence-electron chi connectivity index (χ1n) is 13.0. The predicted molar refractivity (Wildman–Crippen MR) is 141 cm³/mol. The largest absolute Gasteiger partial charge is 0.495 e. The van der Waals surface area contributed by atoms with Gasteiger partial charge >= 0.3 is 13.2 Å². The van der Waals surface area contributed by atoms with Gasteiger partial charge in [0.15, 0.2) is 5.58 Å². The average Bonchev–Trinajstić information content (AvgIpc) is 3.67. The third-order valence-corrected chi connectivity index (χ3v) is 7.66. The van der Waals surface area contributed by atoms with Crippen LogP contribution in [0.3, 0.4) is 0 Å². The summed E-state index contributed by atoms with van der Waals surface area (Å²) in [5, 5.41) is 7.52. The van der Waals surface area contributed by atoms with Crippen LogP contribution in [0.4, 0.5) is 4.79 Å². The van der Waals surface area contributed by atoms with Crippen LogP contribution >= 0.6 is 0 Å². The molecule has 0 bridgehead atoms. The molecule has 2 aliphatic heterocycles. The maximum atomic E-state index is 13.4. The van der Waals surface area contributed by atoms with Crippen LogP contribution in [0, 0.1) is 5.92 Å². The monoisotopic (exact) mass is 523 g/mol. The second-order valence-electron chi connectivity index (χ2n) is 10.8. The second kappa shape index (κ2) is 10.1. The molecule has 3 atom stereocenters. The smallest absolute Gasteiger partial charge is 0.453 e. The van der Waals surface area contributed by atoms with Crippen molar-refractivity contribution in [3.05, 3.63) is 30.4 Å². The van der Waals surface area contributed by atoms with Crippen molar-refractivity contribution in [1.82, 2.24) is 25.3 Å². The Morgan fingerprint density at radius 3 is 2.76 bits per heavy atom. The molecule has 0 spiro atoms. The Bertz CT molecular complexity index is 1340. The molecule has 11 nitrogen and oxygen atoms in total. The van der Waals surface area contributed by atoms with Crippen LogP contribution in [0.5, 0.6) is 0 Å². The number of carbonyl (C=O) groups excluding carboxylic acids is 2. The van der Waals surface area contributed by atoms with Gasteiger partial charge in [-0.1, -0.05) is 25.1 Å². The van der Waals surface area contributed by atoms with Gasteiger partial charge in [0.05, 0.1) is 42.9 Å². The number of benzene rings is 1. The number of aromatic nitrogens is 3. The highest BCUT2D eigenvalue weighted by atomic mass is 16.7. The van der Waals surface area contributed by atoms with Crippen LogP contribution in [0.25, 0.3) is 22.2 Å². The lowest BCUT2D eigenvalue weighted by atomic mass is 9.76. The molecule has 12 heteroatoms. The van der Waals surface area contributed by atoms with E-state index in [0.29, 0.717) is 18.0 Å². The number of hydrogen-bond acceptors (Lipinski definition) is 8. The van der Waals surface area contributed by atoms with E-state index in [1.165, 1.54) is 7.11 Å². The number of nitrogens with one attached hydrogen (secondary N) is 2. The molecule has 2 fully saturated rings. The van der Waals surface area contributed by atoms with Gasteiger partial charge < -0.3 is 33.8 Å². The van der Waals surface area contributed by atoms with E-state index in [2.05, 4.69) is 20.4 Å². The molecule has 38 heavy (non-hydrogen) atoms. The number of ether oxygens (including phenoxy) is 1. The van der Waals surface area contributed by atoms with E-state index in [0.717, 1.165) is 34.9 Å². The van der Waals surface area contributed by atoms with Crippen molar-refractivity contribution >= 4 is 35.6 Å². The number of rotatable bonds is 6. The van der Waals surface area contributed by atoms with Gasteiger partial charge in [0.1, 0.15) is 11.9 Å². The van der Waals surface area contributed by atoms with Gasteiger partial charge in [0, 0.05) is 17.5 Å². The number of nitrogens with zero attached hydrogens (tertiary/aromatic N) is 3. The average molecular weight is 523 g/mol. The Kier molecular flexibility index (Phi) is 6.95. The van der Waals surface area contributed by atoms with Crippen molar-refractivity contribution in [2.75, 3.05) is 13.7 Å². The third kappa shape index (κ3) is 4.67. The first-order valence-corrected chi connectivity index (χ1v) is 13.0. The number of imidazole rings is 1. The Labute approximate surface area is 221 Å². The maximum Gasteiger partial charge on any atom is 0.495 e. The molecule has 0 aliphatic carbocycles. The highest BCUT2D eigenvalue weighted by Crippen LogP contribution is 2.35. The highest BCUT2D eigenvalue weighted by molar-refractivity contribution is 6.65. The molecule has 202 valence electrons. The molecule has 4 heterocycles. The fourth-order valence-electron chi connectivity index (χ4n) is 5.12.